The highest BCUT2D eigenvalue weighted by Gasteiger charge is 2.15. The molecule has 4 heteroatoms. The van der Waals surface area contributed by atoms with E-state index in [0.29, 0.717) is 11.7 Å². The quantitative estimate of drug-likeness (QED) is 0.705. The van der Waals surface area contributed by atoms with Crippen LogP contribution in [-0.2, 0) is 4.79 Å². The van der Waals surface area contributed by atoms with E-state index in [2.05, 4.69) is 0 Å². The van der Waals surface area contributed by atoms with Crippen molar-refractivity contribution >= 4 is 27.6 Å². The minimum Gasteiger partial charge on any atom is -0.481 e. The molecule has 1 N–H and O–H groups in total. The smallest absolute Gasteiger partial charge is 0.303 e. The minimum absolute atomic E-state index is 0.129. The third-order valence-corrected chi connectivity index (χ3v) is 4.71. The number of aliphatic carboxylic acids is 1. The van der Waals surface area contributed by atoms with Crippen molar-refractivity contribution < 1.29 is 12.6 Å². The molecule has 0 radical (unpaired) electrons. The van der Waals surface area contributed by atoms with Gasteiger partial charge in [-0.3, -0.25) is 4.79 Å². The van der Waals surface area contributed by atoms with Crippen molar-refractivity contribution in [2.45, 2.75) is 37.3 Å². The lowest BCUT2D eigenvalue weighted by Crippen LogP contribution is -1.99. The molecule has 0 aromatic carbocycles. The summed E-state index contributed by atoms with van der Waals surface area (Å²) in [6.07, 6.45) is 0.855. The lowest BCUT2D eigenvalue weighted by molar-refractivity contribution is -0.137. The van der Waals surface area contributed by atoms with Gasteiger partial charge in [0.05, 0.1) is 0 Å². The second-order valence-electron chi connectivity index (χ2n) is 2.70. The Hall–Kier alpha value is 0.170. The average Bonchev–Trinajstić information content (AvgIpc) is 2.56. The molecule has 0 aromatic rings. The van der Waals surface area contributed by atoms with E-state index in [-0.39, 0.29) is 6.42 Å². The first-order valence-corrected chi connectivity index (χ1v) is 6.42. The van der Waals surface area contributed by atoms with Crippen molar-refractivity contribution in [1.82, 2.24) is 0 Å². The van der Waals surface area contributed by atoms with Crippen LogP contribution in [0.4, 0.5) is 0 Å². The molecule has 12 heavy (non-hydrogen) atoms. The monoisotopic (exact) mass is 208 g/mol. The summed E-state index contributed by atoms with van der Waals surface area (Å²) in [6, 6.07) is 0. The van der Waals surface area contributed by atoms with E-state index in [4.69, 9.17) is 7.85 Å². The molecule has 0 aliphatic carbocycles. The highest BCUT2D eigenvalue weighted by Crippen LogP contribution is 2.39. The van der Waals surface area contributed by atoms with Gasteiger partial charge in [0.15, 0.2) is 0 Å². The van der Waals surface area contributed by atoms with Crippen molar-refractivity contribution in [3.05, 3.63) is 0 Å². The molecule has 1 saturated heterocycles. The standard InChI is InChI=1S/C8H14O2S2/c9-8(10)4-2-1-3-7-5-6-11-12-7/h7H,1-6H2,(H,9,10)/i4D2. The molecule has 0 spiro atoms. The highest BCUT2D eigenvalue weighted by atomic mass is 33.1. The molecule has 0 bridgehead atoms. The fourth-order valence-corrected chi connectivity index (χ4v) is 4.12. The van der Waals surface area contributed by atoms with Crippen LogP contribution in [0.3, 0.4) is 0 Å². The van der Waals surface area contributed by atoms with E-state index in [1.807, 2.05) is 21.6 Å². The third-order valence-electron chi connectivity index (χ3n) is 1.71. The van der Waals surface area contributed by atoms with Gasteiger partial charge < -0.3 is 5.11 Å². The van der Waals surface area contributed by atoms with Crippen LogP contribution in [0.25, 0.3) is 0 Å². The SMILES string of the molecule is [2H]C([2H])(CCCC1CCSS1)C(=O)O. The Balaban J connectivity index is 2.16. The predicted molar refractivity (Wildman–Crippen MR) is 54.6 cm³/mol. The summed E-state index contributed by atoms with van der Waals surface area (Å²) >= 11 is 0. The first-order chi connectivity index (χ1) is 6.52. The van der Waals surface area contributed by atoms with E-state index in [0.717, 1.165) is 6.42 Å². The van der Waals surface area contributed by atoms with Crippen molar-refractivity contribution in [1.29, 1.82) is 0 Å². The zero-order valence-corrected chi connectivity index (χ0v) is 8.42. The van der Waals surface area contributed by atoms with E-state index >= 15 is 0 Å². The summed E-state index contributed by atoms with van der Waals surface area (Å²) in [7, 11) is 3.70. The Kier molecular flexibility index (Phi) is 3.63. The number of carboxylic acids is 1. The summed E-state index contributed by atoms with van der Waals surface area (Å²) in [5.41, 5.74) is 0. The predicted octanol–water partition coefficient (Wildman–Crippen LogP) is 2.79. The largest absolute Gasteiger partial charge is 0.481 e. The van der Waals surface area contributed by atoms with Gasteiger partial charge in [0.25, 0.3) is 0 Å². The Morgan fingerprint density at radius 2 is 2.50 bits per heavy atom. The zero-order chi connectivity index (χ0) is 10.6. The van der Waals surface area contributed by atoms with Gasteiger partial charge in [-0.25, -0.2) is 0 Å². The highest BCUT2D eigenvalue weighted by molar-refractivity contribution is 8.77. The summed E-state index contributed by atoms with van der Waals surface area (Å²) in [4.78, 5) is 10.5. The number of hydrogen-bond acceptors (Lipinski definition) is 3. The molecule has 0 aromatic heterocycles. The Morgan fingerprint density at radius 3 is 3.08 bits per heavy atom. The van der Waals surface area contributed by atoms with Crippen LogP contribution in [-0.4, -0.2) is 22.1 Å². The molecule has 1 unspecified atom stereocenters. The summed E-state index contributed by atoms with van der Waals surface area (Å²) in [5.74, 6) is -0.174. The molecule has 70 valence electrons. The van der Waals surface area contributed by atoms with Gasteiger partial charge in [0, 0.05) is 20.1 Å². The topological polar surface area (TPSA) is 37.3 Å². The lowest BCUT2D eigenvalue weighted by Gasteiger charge is -2.04. The van der Waals surface area contributed by atoms with Gasteiger partial charge in [-0.2, -0.15) is 0 Å². The van der Waals surface area contributed by atoms with Crippen molar-refractivity contribution in [3.63, 3.8) is 0 Å². The number of carboxylic acid groups (broad SMARTS) is 1. The molecule has 1 heterocycles. The summed E-state index contributed by atoms with van der Waals surface area (Å²) < 4.78 is 14.4. The maximum atomic E-state index is 10.5. The molecule has 2 nitrogen and oxygen atoms in total. The number of hydrogen-bond donors (Lipinski definition) is 1. The molecule has 1 atom stereocenters. The summed E-state index contributed by atoms with van der Waals surface area (Å²) in [5, 5.41) is 9.15. The maximum absolute atomic E-state index is 10.5. The van der Waals surface area contributed by atoms with Crippen LogP contribution in [0.5, 0.6) is 0 Å². The van der Waals surface area contributed by atoms with Crippen molar-refractivity contribution in [3.8, 4) is 0 Å². The molecule has 0 saturated carbocycles. The number of carbonyl (C=O) groups is 1. The van der Waals surface area contributed by atoms with Crippen LogP contribution in [0.1, 0.15) is 34.8 Å². The fraction of sp³-hybridized carbons (Fsp3) is 0.875. The van der Waals surface area contributed by atoms with E-state index < -0.39 is 12.3 Å². The number of rotatable bonds is 5. The third kappa shape index (κ3) is 4.26. The van der Waals surface area contributed by atoms with Gasteiger partial charge in [-0.1, -0.05) is 28.0 Å². The normalized spacial score (nSPS) is 26.5. The molecular formula is C8H14O2S2. The Bertz CT molecular complexity index is 206. The van der Waals surface area contributed by atoms with Gasteiger partial charge in [0.2, 0.25) is 0 Å². The second-order valence-corrected chi connectivity index (χ2v) is 5.49. The van der Waals surface area contributed by atoms with Gasteiger partial charge in [0.1, 0.15) is 0 Å². The van der Waals surface area contributed by atoms with Crippen LogP contribution >= 0.6 is 21.6 Å². The molecular weight excluding hydrogens is 192 g/mol. The first kappa shape index (κ1) is 7.56. The van der Waals surface area contributed by atoms with Gasteiger partial charge >= 0.3 is 5.97 Å². The van der Waals surface area contributed by atoms with Crippen LogP contribution < -0.4 is 0 Å². The minimum atomic E-state index is -2.05. The molecule has 1 aliphatic heterocycles. The van der Waals surface area contributed by atoms with E-state index in [9.17, 15) is 4.79 Å². The van der Waals surface area contributed by atoms with Crippen molar-refractivity contribution in [2.24, 2.45) is 0 Å². The molecule has 0 amide bonds. The van der Waals surface area contributed by atoms with Gasteiger partial charge in [-0.05, 0) is 19.3 Å². The van der Waals surface area contributed by atoms with Crippen LogP contribution in [0.2, 0.25) is 0 Å². The van der Waals surface area contributed by atoms with Crippen molar-refractivity contribution in [2.75, 3.05) is 5.75 Å². The van der Waals surface area contributed by atoms with Crippen LogP contribution in [0.15, 0.2) is 0 Å². The molecule has 1 rings (SSSR count). The average molecular weight is 208 g/mol. The lowest BCUT2D eigenvalue weighted by atomic mass is 10.1. The fourth-order valence-electron chi connectivity index (χ4n) is 1.09. The Labute approximate surface area is 83.7 Å². The van der Waals surface area contributed by atoms with Crippen LogP contribution in [0, 0.1) is 0 Å². The second kappa shape index (κ2) is 5.75. The molecule has 1 fully saturated rings. The first-order valence-electron chi connectivity index (χ1n) is 5.04. The van der Waals surface area contributed by atoms with Gasteiger partial charge in [-0.15, -0.1) is 0 Å². The summed E-state index contributed by atoms with van der Waals surface area (Å²) in [6.45, 7) is 0. The maximum Gasteiger partial charge on any atom is 0.303 e. The zero-order valence-electron chi connectivity index (χ0n) is 8.78. The Morgan fingerprint density at radius 1 is 1.67 bits per heavy atom. The van der Waals surface area contributed by atoms with E-state index in [1.54, 1.807) is 0 Å². The van der Waals surface area contributed by atoms with E-state index in [1.165, 1.54) is 12.2 Å². The molecule has 1 aliphatic rings.